The van der Waals surface area contributed by atoms with Crippen molar-refractivity contribution in [3.05, 3.63) is 20.8 Å². The Kier molecular flexibility index (Phi) is 6.04. The van der Waals surface area contributed by atoms with E-state index in [-0.39, 0.29) is 11.7 Å². The van der Waals surface area contributed by atoms with Gasteiger partial charge in [0.05, 0.1) is 3.79 Å². The van der Waals surface area contributed by atoms with Crippen LogP contribution in [0.5, 0.6) is 0 Å². The normalized spacial score (nSPS) is 18.2. The van der Waals surface area contributed by atoms with Gasteiger partial charge in [-0.3, -0.25) is 9.00 Å². The van der Waals surface area contributed by atoms with Gasteiger partial charge in [-0.1, -0.05) is 19.3 Å². The summed E-state index contributed by atoms with van der Waals surface area (Å²) in [5, 5.41) is 4.98. The number of nitrogens with one attached hydrogen (secondary N) is 1. The molecule has 1 aromatic heterocycles. The van der Waals surface area contributed by atoms with Gasteiger partial charge in [0.25, 0.3) is 0 Å². The molecule has 2 rings (SSSR count). The summed E-state index contributed by atoms with van der Waals surface area (Å²) in [4.78, 5) is 11.8. The molecule has 0 aliphatic heterocycles. The van der Waals surface area contributed by atoms with Gasteiger partial charge in [0.2, 0.25) is 5.91 Å². The molecule has 1 fully saturated rings. The van der Waals surface area contributed by atoms with Crippen LogP contribution in [0.25, 0.3) is 0 Å². The van der Waals surface area contributed by atoms with Crippen LogP contribution in [-0.4, -0.2) is 21.9 Å². The average molecular weight is 364 g/mol. The third kappa shape index (κ3) is 5.36. The van der Waals surface area contributed by atoms with Crippen LogP contribution < -0.4 is 5.32 Å². The predicted octanol–water partition coefficient (Wildman–Crippen LogP) is 3.21. The monoisotopic (exact) mass is 363 g/mol. The molecule has 1 heterocycles. The van der Waals surface area contributed by atoms with E-state index in [1.807, 2.05) is 11.4 Å². The second-order valence-electron chi connectivity index (χ2n) is 4.89. The fourth-order valence-corrected chi connectivity index (χ4v) is 4.65. The zero-order valence-electron chi connectivity index (χ0n) is 10.7. The Balaban J connectivity index is 1.73. The second-order valence-corrected chi connectivity index (χ2v) is 8.64. The number of amides is 1. The van der Waals surface area contributed by atoms with E-state index in [0.717, 1.165) is 22.2 Å². The minimum atomic E-state index is -1.12. The molecule has 106 valence electrons. The molecule has 6 heteroatoms. The zero-order chi connectivity index (χ0) is 13.7. The first kappa shape index (κ1) is 15.2. The standard InChI is InChI=1S/C13H18BrNO2S2/c14-12-6-10(7-18-12)8-19(17)9-13(16)15-11-4-2-1-3-5-11/h6-7,11H,1-5,8-9H2,(H,15,16)/t19-/m1/s1. The molecular weight excluding hydrogens is 346 g/mol. The Morgan fingerprint density at radius 3 is 2.79 bits per heavy atom. The Bertz CT molecular complexity index is 455. The largest absolute Gasteiger partial charge is 0.353 e. The van der Waals surface area contributed by atoms with Gasteiger partial charge in [-0.25, -0.2) is 0 Å². The highest BCUT2D eigenvalue weighted by Gasteiger charge is 2.17. The second kappa shape index (κ2) is 7.55. The fraction of sp³-hybridized carbons (Fsp3) is 0.615. The number of hydrogen-bond acceptors (Lipinski definition) is 3. The van der Waals surface area contributed by atoms with Crippen LogP contribution in [0.4, 0.5) is 0 Å². The van der Waals surface area contributed by atoms with Gasteiger partial charge < -0.3 is 5.32 Å². The van der Waals surface area contributed by atoms with Crippen LogP contribution in [0.15, 0.2) is 15.2 Å². The molecule has 1 atom stereocenters. The molecule has 0 bridgehead atoms. The zero-order valence-corrected chi connectivity index (χ0v) is 13.9. The lowest BCUT2D eigenvalue weighted by Crippen LogP contribution is -2.38. The first-order valence-electron chi connectivity index (χ1n) is 6.51. The summed E-state index contributed by atoms with van der Waals surface area (Å²) in [6.45, 7) is 0. The molecule has 3 nitrogen and oxygen atoms in total. The van der Waals surface area contributed by atoms with Crippen LogP contribution in [0.2, 0.25) is 0 Å². The maximum Gasteiger partial charge on any atom is 0.232 e. The van der Waals surface area contributed by atoms with Crippen molar-refractivity contribution in [3.63, 3.8) is 0 Å². The van der Waals surface area contributed by atoms with Crippen LogP contribution in [0.3, 0.4) is 0 Å². The molecule has 0 saturated heterocycles. The molecule has 19 heavy (non-hydrogen) atoms. The van der Waals surface area contributed by atoms with Crippen molar-refractivity contribution in [2.75, 3.05) is 5.75 Å². The van der Waals surface area contributed by atoms with Gasteiger partial charge in [0.1, 0.15) is 5.75 Å². The molecule has 1 N–H and O–H groups in total. The minimum absolute atomic E-state index is 0.0699. The molecule has 0 spiro atoms. The van der Waals surface area contributed by atoms with Crippen molar-refractivity contribution in [1.82, 2.24) is 5.32 Å². The highest BCUT2D eigenvalue weighted by Crippen LogP contribution is 2.21. The van der Waals surface area contributed by atoms with E-state index < -0.39 is 10.8 Å². The SMILES string of the molecule is O=C(C[S@](=O)Cc1csc(Br)c1)NC1CCCCC1. The molecule has 1 aromatic rings. The van der Waals surface area contributed by atoms with E-state index in [0.29, 0.717) is 11.8 Å². The van der Waals surface area contributed by atoms with E-state index in [2.05, 4.69) is 21.2 Å². The third-order valence-electron chi connectivity index (χ3n) is 3.21. The van der Waals surface area contributed by atoms with E-state index in [9.17, 15) is 9.00 Å². The van der Waals surface area contributed by atoms with Crippen molar-refractivity contribution >= 4 is 44.0 Å². The van der Waals surface area contributed by atoms with E-state index in [1.165, 1.54) is 19.3 Å². The Morgan fingerprint density at radius 1 is 1.42 bits per heavy atom. The molecular formula is C13H18BrNO2S2. The number of carbonyl (C=O) groups is 1. The summed E-state index contributed by atoms with van der Waals surface area (Å²) in [7, 11) is -1.12. The maximum atomic E-state index is 11.9. The first-order chi connectivity index (χ1) is 9.13. The number of halogens is 1. The summed E-state index contributed by atoms with van der Waals surface area (Å²) < 4.78 is 12.9. The molecule has 1 aliphatic carbocycles. The topological polar surface area (TPSA) is 46.2 Å². The van der Waals surface area contributed by atoms with Crippen molar-refractivity contribution in [1.29, 1.82) is 0 Å². The number of hydrogen-bond donors (Lipinski definition) is 1. The van der Waals surface area contributed by atoms with Crippen LogP contribution in [0, 0.1) is 0 Å². The summed E-state index contributed by atoms with van der Waals surface area (Å²) in [6.07, 6.45) is 5.78. The molecule has 0 unspecified atom stereocenters. The van der Waals surface area contributed by atoms with Gasteiger partial charge in [0, 0.05) is 22.6 Å². The van der Waals surface area contributed by atoms with Gasteiger partial charge in [-0.15, -0.1) is 11.3 Å². The molecule has 0 aromatic carbocycles. The van der Waals surface area contributed by atoms with Crippen LogP contribution in [0.1, 0.15) is 37.7 Å². The van der Waals surface area contributed by atoms with Crippen LogP contribution >= 0.6 is 27.3 Å². The molecule has 1 amide bonds. The lowest BCUT2D eigenvalue weighted by atomic mass is 9.95. The number of carbonyl (C=O) groups excluding carboxylic acids is 1. The van der Waals surface area contributed by atoms with E-state index >= 15 is 0 Å². The highest BCUT2D eigenvalue weighted by molar-refractivity contribution is 9.11. The Hall–Kier alpha value is -0.200. The molecule has 1 aliphatic rings. The van der Waals surface area contributed by atoms with Gasteiger partial charge in [-0.2, -0.15) is 0 Å². The summed E-state index contributed by atoms with van der Waals surface area (Å²) in [5.74, 6) is 0.504. The van der Waals surface area contributed by atoms with Gasteiger partial charge >= 0.3 is 0 Å². The predicted molar refractivity (Wildman–Crippen MR) is 83.7 cm³/mol. The Labute approximate surface area is 128 Å². The lowest BCUT2D eigenvalue weighted by Gasteiger charge is -2.22. The van der Waals surface area contributed by atoms with Crippen LogP contribution in [-0.2, 0) is 21.3 Å². The smallest absolute Gasteiger partial charge is 0.232 e. The lowest BCUT2D eigenvalue weighted by molar-refractivity contribution is -0.119. The first-order valence-corrected chi connectivity index (χ1v) is 9.67. The van der Waals surface area contributed by atoms with Crippen molar-refractivity contribution < 1.29 is 9.00 Å². The minimum Gasteiger partial charge on any atom is -0.353 e. The van der Waals surface area contributed by atoms with Crippen molar-refractivity contribution in [3.8, 4) is 0 Å². The van der Waals surface area contributed by atoms with Crippen molar-refractivity contribution in [2.24, 2.45) is 0 Å². The summed E-state index contributed by atoms with van der Waals surface area (Å²) in [6, 6.07) is 2.26. The third-order valence-corrected chi connectivity index (χ3v) is 6.00. The number of thiophene rings is 1. The van der Waals surface area contributed by atoms with Gasteiger partial charge in [-0.05, 0) is 45.8 Å². The van der Waals surface area contributed by atoms with E-state index in [4.69, 9.17) is 0 Å². The van der Waals surface area contributed by atoms with Crippen molar-refractivity contribution in [2.45, 2.75) is 43.9 Å². The Morgan fingerprint density at radius 2 is 2.16 bits per heavy atom. The molecule has 0 radical (unpaired) electrons. The summed E-state index contributed by atoms with van der Waals surface area (Å²) in [5.41, 5.74) is 1.03. The number of rotatable bonds is 5. The maximum absolute atomic E-state index is 11.9. The molecule has 1 saturated carbocycles. The quantitative estimate of drug-likeness (QED) is 0.872. The van der Waals surface area contributed by atoms with Gasteiger partial charge in [0.15, 0.2) is 0 Å². The van der Waals surface area contributed by atoms with E-state index in [1.54, 1.807) is 11.3 Å². The summed E-state index contributed by atoms with van der Waals surface area (Å²) >= 11 is 4.95. The fourth-order valence-electron chi connectivity index (χ4n) is 2.32. The average Bonchev–Trinajstić information content (AvgIpc) is 2.75. The highest BCUT2D eigenvalue weighted by atomic mass is 79.9.